The molecule has 4 aromatic rings. The highest BCUT2D eigenvalue weighted by molar-refractivity contribution is 5.69. The lowest BCUT2D eigenvalue weighted by molar-refractivity contribution is -0.143. The molecule has 3 aromatic carbocycles. The molecule has 49 heavy (non-hydrogen) atoms. The van der Waals surface area contributed by atoms with Gasteiger partial charge in [-0.3, -0.25) is 18.7 Å². The first kappa shape index (κ1) is 36.8. The van der Waals surface area contributed by atoms with Crippen molar-refractivity contribution < 1.29 is 41.0 Å². The Morgan fingerprint density at radius 3 is 2.37 bits per heavy atom. The van der Waals surface area contributed by atoms with Gasteiger partial charge in [-0.2, -0.15) is 13.2 Å². The third-order valence-corrected chi connectivity index (χ3v) is 7.84. The van der Waals surface area contributed by atoms with Crippen LogP contribution >= 0.6 is 0 Å². The molecule has 4 rings (SSSR count). The van der Waals surface area contributed by atoms with Crippen molar-refractivity contribution in [2.24, 2.45) is 0 Å². The summed E-state index contributed by atoms with van der Waals surface area (Å²) in [5.74, 6) is -2.19. The summed E-state index contributed by atoms with van der Waals surface area (Å²) in [7, 11) is 2.88. The van der Waals surface area contributed by atoms with Crippen LogP contribution in [0.5, 0.6) is 11.5 Å². The van der Waals surface area contributed by atoms with Gasteiger partial charge in [-0.15, -0.1) is 0 Å². The fourth-order valence-electron chi connectivity index (χ4n) is 5.43. The molecule has 1 N–H and O–H groups in total. The number of benzene rings is 3. The van der Waals surface area contributed by atoms with Gasteiger partial charge >= 0.3 is 17.8 Å². The molecule has 1 atom stereocenters. The normalized spacial score (nSPS) is 12.1. The van der Waals surface area contributed by atoms with Gasteiger partial charge in [-0.25, -0.2) is 13.6 Å². The molecular weight excluding hydrogens is 653 g/mol. The maximum absolute atomic E-state index is 15.4. The molecule has 1 heterocycles. The highest BCUT2D eigenvalue weighted by atomic mass is 19.4. The van der Waals surface area contributed by atoms with Crippen molar-refractivity contribution in [1.29, 1.82) is 0 Å². The molecule has 0 amide bonds. The van der Waals surface area contributed by atoms with Crippen molar-refractivity contribution in [1.82, 2.24) is 14.5 Å². The largest absolute Gasteiger partial charge is 0.494 e. The molecule has 0 saturated carbocycles. The Bertz CT molecular complexity index is 1890. The molecule has 14 heteroatoms. The average Bonchev–Trinajstić information content (AvgIpc) is 3.07. The second-order valence-corrected chi connectivity index (χ2v) is 10.9. The minimum Gasteiger partial charge on any atom is -0.494 e. The molecule has 0 aliphatic rings. The van der Waals surface area contributed by atoms with Gasteiger partial charge in [0.1, 0.15) is 11.6 Å². The third kappa shape index (κ3) is 8.74. The van der Waals surface area contributed by atoms with Crippen LogP contribution in [0.15, 0.2) is 76.4 Å². The molecule has 0 spiro atoms. The minimum atomic E-state index is -4.94. The summed E-state index contributed by atoms with van der Waals surface area (Å²) in [5.41, 5.74) is -3.97. The lowest BCUT2D eigenvalue weighted by Gasteiger charge is -2.21. The fourth-order valence-corrected chi connectivity index (χ4v) is 5.43. The molecule has 1 aromatic heterocycles. The maximum atomic E-state index is 15.4. The van der Waals surface area contributed by atoms with Crippen molar-refractivity contribution in [3.05, 3.63) is 116 Å². The number of methoxy groups -OCH3 is 1. The quantitative estimate of drug-likeness (QED) is 0.0915. The minimum absolute atomic E-state index is 0.104. The SMILES string of the molecule is CCOC(=O)CCCOc1ccccc1[C@H](CCn1c(=O)c(-c2cccc(OC)c2F)cn(Cc2c(F)cccc2C(F)(F)F)c1=O)NC. The first-order valence-electron chi connectivity index (χ1n) is 15.5. The van der Waals surface area contributed by atoms with Crippen LogP contribution in [0.25, 0.3) is 11.1 Å². The number of alkyl halides is 3. The zero-order chi connectivity index (χ0) is 35.7. The Balaban J connectivity index is 1.74. The predicted molar refractivity (Wildman–Crippen MR) is 172 cm³/mol. The molecule has 0 unspecified atom stereocenters. The first-order chi connectivity index (χ1) is 23.4. The topological polar surface area (TPSA) is 101 Å². The number of aromatic nitrogens is 2. The zero-order valence-corrected chi connectivity index (χ0v) is 27.1. The number of nitrogens with zero attached hydrogens (tertiary/aromatic N) is 2. The van der Waals surface area contributed by atoms with Crippen LogP contribution in [0.4, 0.5) is 22.0 Å². The molecule has 0 aliphatic heterocycles. The molecule has 0 radical (unpaired) electrons. The van der Waals surface area contributed by atoms with Crippen LogP contribution in [-0.4, -0.2) is 42.5 Å². The number of carbonyl (C=O) groups excluding carboxylic acids is 1. The summed E-state index contributed by atoms with van der Waals surface area (Å²) in [6, 6.07) is 13.0. The number of nitrogens with one attached hydrogen (secondary N) is 1. The van der Waals surface area contributed by atoms with Crippen LogP contribution < -0.4 is 26.0 Å². The van der Waals surface area contributed by atoms with Crippen molar-refractivity contribution >= 4 is 5.97 Å². The second kappa shape index (κ2) is 16.4. The van der Waals surface area contributed by atoms with Crippen LogP contribution in [0, 0.1) is 11.6 Å². The summed E-state index contributed by atoms with van der Waals surface area (Å²) in [6.07, 6.45) is -3.33. The van der Waals surface area contributed by atoms with Crippen molar-refractivity contribution in [2.45, 2.75) is 51.5 Å². The van der Waals surface area contributed by atoms with Gasteiger partial charge in [0.15, 0.2) is 11.6 Å². The molecule has 0 aliphatic carbocycles. The number of hydrogen-bond acceptors (Lipinski definition) is 7. The van der Waals surface area contributed by atoms with E-state index in [1.807, 2.05) is 0 Å². The van der Waals surface area contributed by atoms with Gasteiger partial charge in [0, 0.05) is 41.9 Å². The Morgan fingerprint density at radius 1 is 0.959 bits per heavy atom. The highest BCUT2D eigenvalue weighted by Gasteiger charge is 2.35. The van der Waals surface area contributed by atoms with E-state index in [-0.39, 0.29) is 55.4 Å². The van der Waals surface area contributed by atoms with E-state index in [0.717, 1.165) is 27.5 Å². The number of para-hydroxylation sites is 1. The van der Waals surface area contributed by atoms with Gasteiger partial charge in [-0.1, -0.05) is 36.4 Å². The van der Waals surface area contributed by atoms with Gasteiger partial charge in [0.25, 0.3) is 5.56 Å². The predicted octanol–water partition coefficient (Wildman–Crippen LogP) is 6.10. The van der Waals surface area contributed by atoms with Crippen LogP contribution in [-0.2, 0) is 28.8 Å². The van der Waals surface area contributed by atoms with E-state index in [1.165, 1.54) is 25.3 Å². The van der Waals surface area contributed by atoms with E-state index < -0.39 is 52.8 Å². The van der Waals surface area contributed by atoms with E-state index in [0.29, 0.717) is 23.8 Å². The van der Waals surface area contributed by atoms with Crippen LogP contribution in [0.3, 0.4) is 0 Å². The van der Waals surface area contributed by atoms with Crippen LogP contribution in [0.1, 0.15) is 48.9 Å². The van der Waals surface area contributed by atoms with E-state index in [9.17, 15) is 31.9 Å². The molecule has 9 nitrogen and oxygen atoms in total. The van der Waals surface area contributed by atoms with E-state index in [1.54, 1.807) is 38.2 Å². The number of esters is 1. The van der Waals surface area contributed by atoms with E-state index in [2.05, 4.69) is 5.32 Å². The number of rotatable bonds is 15. The summed E-state index contributed by atoms with van der Waals surface area (Å²) in [6.45, 7) is 1.04. The number of carbonyl (C=O) groups is 1. The molecule has 0 bridgehead atoms. The smallest absolute Gasteiger partial charge is 0.416 e. The highest BCUT2D eigenvalue weighted by Crippen LogP contribution is 2.34. The summed E-state index contributed by atoms with van der Waals surface area (Å²) >= 11 is 0. The van der Waals surface area contributed by atoms with Gasteiger partial charge in [0.2, 0.25) is 0 Å². The zero-order valence-electron chi connectivity index (χ0n) is 27.1. The molecular formula is C35H36F5N3O6. The summed E-state index contributed by atoms with van der Waals surface area (Å²) in [4.78, 5) is 39.3. The van der Waals surface area contributed by atoms with Gasteiger partial charge in [0.05, 0.1) is 38.0 Å². The summed E-state index contributed by atoms with van der Waals surface area (Å²) < 4.78 is 89.3. The van der Waals surface area contributed by atoms with Crippen LogP contribution in [0.2, 0.25) is 0 Å². The lowest BCUT2D eigenvalue weighted by Crippen LogP contribution is -2.41. The van der Waals surface area contributed by atoms with E-state index in [4.69, 9.17) is 14.2 Å². The lowest BCUT2D eigenvalue weighted by atomic mass is 10.0. The molecule has 0 saturated heterocycles. The summed E-state index contributed by atoms with van der Waals surface area (Å²) in [5, 5.41) is 3.12. The Hall–Kier alpha value is -4.98. The van der Waals surface area contributed by atoms with Gasteiger partial charge in [-0.05, 0) is 51.1 Å². The van der Waals surface area contributed by atoms with Crippen molar-refractivity contribution in [2.75, 3.05) is 27.4 Å². The first-order valence-corrected chi connectivity index (χ1v) is 15.5. The molecule has 262 valence electrons. The monoisotopic (exact) mass is 689 g/mol. The van der Waals surface area contributed by atoms with E-state index >= 15 is 4.39 Å². The average molecular weight is 690 g/mol. The standard InChI is InChI=1S/C35H36F5N3O6/c1-4-48-31(44)16-9-19-49-29-14-6-5-10-23(29)28(41-2)17-18-43-33(45)24(22-11-7-15-30(47-3)32(22)37)20-42(34(43)46)21-25-26(35(38,39)40)12-8-13-27(25)36/h5-8,10-15,20,28,41H,4,9,16-19,21H2,1-3H3/t28-/m0/s1. The fraction of sp³-hybridized carbons (Fsp3) is 0.343. The van der Waals surface area contributed by atoms with Crippen molar-refractivity contribution in [3.63, 3.8) is 0 Å². The molecule has 0 fully saturated rings. The van der Waals surface area contributed by atoms with Gasteiger partial charge < -0.3 is 19.5 Å². The Kier molecular flexibility index (Phi) is 12.3. The van der Waals surface area contributed by atoms with Crippen molar-refractivity contribution in [3.8, 4) is 22.6 Å². The number of halogens is 5. The third-order valence-electron chi connectivity index (χ3n) is 7.84. The number of ether oxygens (including phenoxy) is 3. The Morgan fingerprint density at radius 2 is 1.67 bits per heavy atom. The Labute approximate surface area is 278 Å². The number of hydrogen-bond donors (Lipinski definition) is 1. The second-order valence-electron chi connectivity index (χ2n) is 10.9. The maximum Gasteiger partial charge on any atom is 0.416 e.